The minimum atomic E-state index is -0.407. The summed E-state index contributed by atoms with van der Waals surface area (Å²) in [4.78, 5) is 25.1. The third kappa shape index (κ3) is 4.09. The van der Waals surface area contributed by atoms with Crippen molar-refractivity contribution in [3.63, 3.8) is 0 Å². The van der Waals surface area contributed by atoms with E-state index in [1.54, 1.807) is 41.1 Å². The predicted molar refractivity (Wildman–Crippen MR) is 128 cm³/mol. The van der Waals surface area contributed by atoms with Crippen LogP contribution >= 0.6 is 38.5 Å². The van der Waals surface area contributed by atoms with Gasteiger partial charge in [0.25, 0.3) is 5.56 Å². The molecule has 7 heteroatoms. The molecule has 4 aromatic rings. The SMILES string of the molecule is Cc1c(Br)cccc1-c1cc2c(=O)n(CCOC(=O)c3ccccc3)cc(I)c2o1. The van der Waals surface area contributed by atoms with E-state index in [0.29, 0.717) is 22.3 Å². The second-order valence-electron chi connectivity index (χ2n) is 6.74. The smallest absolute Gasteiger partial charge is 0.338 e. The molecule has 0 atom stereocenters. The van der Waals surface area contributed by atoms with E-state index >= 15 is 0 Å². The highest BCUT2D eigenvalue weighted by Gasteiger charge is 2.16. The number of hydrogen-bond acceptors (Lipinski definition) is 4. The highest BCUT2D eigenvalue weighted by Crippen LogP contribution is 2.33. The van der Waals surface area contributed by atoms with Crippen LogP contribution in [0.5, 0.6) is 0 Å². The first-order chi connectivity index (χ1) is 14.5. The summed E-state index contributed by atoms with van der Waals surface area (Å²) in [5.41, 5.74) is 2.84. The molecule has 2 heterocycles. The van der Waals surface area contributed by atoms with E-state index in [2.05, 4.69) is 38.5 Å². The molecule has 0 radical (unpaired) electrons. The highest BCUT2D eigenvalue weighted by molar-refractivity contribution is 14.1. The molecular weight excluding hydrogens is 561 g/mol. The van der Waals surface area contributed by atoms with Crippen LogP contribution in [0, 0.1) is 10.5 Å². The van der Waals surface area contributed by atoms with Crippen molar-refractivity contribution in [1.82, 2.24) is 4.57 Å². The van der Waals surface area contributed by atoms with Crippen molar-refractivity contribution < 1.29 is 13.9 Å². The molecule has 0 amide bonds. The molecule has 0 N–H and O–H groups in total. The summed E-state index contributed by atoms with van der Waals surface area (Å²) in [6.45, 7) is 2.36. The van der Waals surface area contributed by atoms with Crippen LogP contribution in [0.2, 0.25) is 0 Å². The topological polar surface area (TPSA) is 61.4 Å². The Morgan fingerprint density at radius 3 is 2.70 bits per heavy atom. The molecule has 0 spiro atoms. The average molecular weight is 578 g/mol. The molecule has 0 saturated carbocycles. The fourth-order valence-corrected chi connectivity index (χ4v) is 4.31. The average Bonchev–Trinajstić information content (AvgIpc) is 3.20. The second-order valence-corrected chi connectivity index (χ2v) is 8.76. The standard InChI is InChI=1S/C23H17BrINO4/c1-14-16(8-5-9-18(14)24)20-12-17-21(30-20)19(25)13-26(22(17)27)10-11-29-23(28)15-6-3-2-4-7-15/h2-9,12-13H,10-11H2,1H3. The van der Waals surface area contributed by atoms with E-state index in [1.165, 1.54) is 0 Å². The molecule has 0 unspecified atom stereocenters. The number of benzene rings is 2. The number of ether oxygens (including phenoxy) is 1. The van der Waals surface area contributed by atoms with Gasteiger partial charge in [-0.3, -0.25) is 4.79 Å². The summed E-state index contributed by atoms with van der Waals surface area (Å²) in [5, 5.41) is 0.505. The lowest BCUT2D eigenvalue weighted by molar-refractivity contribution is 0.0490. The molecule has 0 aliphatic rings. The highest BCUT2D eigenvalue weighted by atomic mass is 127. The zero-order chi connectivity index (χ0) is 21.3. The van der Waals surface area contributed by atoms with E-state index in [4.69, 9.17) is 9.15 Å². The number of fused-ring (bicyclic) bond motifs is 1. The molecule has 152 valence electrons. The lowest BCUT2D eigenvalue weighted by Gasteiger charge is -2.08. The first-order valence-electron chi connectivity index (χ1n) is 9.26. The van der Waals surface area contributed by atoms with Gasteiger partial charge >= 0.3 is 5.97 Å². The summed E-state index contributed by atoms with van der Waals surface area (Å²) in [6, 6.07) is 16.4. The monoisotopic (exact) mass is 577 g/mol. The molecule has 5 nitrogen and oxygen atoms in total. The maximum Gasteiger partial charge on any atom is 0.338 e. The molecule has 4 rings (SSSR count). The van der Waals surface area contributed by atoms with Gasteiger partial charge in [-0.05, 0) is 59.3 Å². The number of carbonyl (C=O) groups excluding carboxylic acids is 1. The quantitative estimate of drug-likeness (QED) is 0.222. The van der Waals surface area contributed by atoms with E-state index < -0.39 is 5.97 Å². The number of carbonyl (C=O) groups is 1. The molecular formula is C23H17BrINO4. The lowest BCUT2D eigenvalue weighted by atomic mass is 10.1. The number of nitrogens with zero attached hydrogens (tertiary/aromatic N) is 1. The van der Waals surface area contributed by atoms with Crippen molar-refractivity contribution in [1.29, 1.82) is 0 Å². The maximum absolute atomic E-state index is 13.0. The zero-order valence-electron chi connectivity index (χ0n) is 16.0. The van der Waals surface area contributed by atoms with Crippen LogP contribution in [0.15, 0.2) is 74.5 Å². The molecule has 2 aromatic carbocycles. The fourth-order valence-electron chi connectivity index (χ4n) is 3.20. The third-order valence-electron chi connectivity index (χ3n) is 4.82. The number of rotatable bonds is 5. The Hall–Kier alpha value is -2.39. The summed E-state index contributed by atoms with van der Waals surface area (Å²) in [7, 11) is 0. The Morgan fingerprint density at radius 1 is 1.17 bits per heavy atom. The third-order valence-corrected chi connectivity index (χ3v) is 6.44. The van der Waals surface area contributed by atoms with E-state index in [0.717, 1.165) is 19.2 Å². The normalized spacial score (nSPS) is 11.0. The van der Waals surface area contributed by atoms with E-state index in [1.807, 2.05) is 31.2 Å². The van der Waals surface area contributed by atoms with Crippen LogP contribution in [0.4, 0.5) is 0 Å². The van der Waals surface area contributed by atoms with Crippen LogP contribution in [-0.4, -0.2) is 17.1 Å². The van der Waals surface area contributed by atoms with Gasteiger partial charge in [-0.25, -0.2) is 4.79 Å². The number of esters is 1. The van der Waals surface area contributed by atoms with Gasteiger partial charge in [0, 0.05) is 16.2 Å². The number of halogens is 2. The van der Waals surface area contributed by atoms with Crippen LogP contribution in [0.3, 0.4) is 0 Å². The van der Waals surface area contributed by atoms with Gasteiger partial charge in [-0.15, -0.1) is 0 Å². The van der Waals surface area contributed by atoms with Gasteiger partial charge in [0.15, 0.2) is 5.58 Å². The van der Waals surface area contributed by atoms with E-state index in [-0.39, 0.29) is 18.7 Å². The Bertz CT molecular complexity index is 1290. The van der Waals surface area contributed by atoms with Gasteiger partial charge in [0.05, 0.1) is 21.1 Å². The Morgan fingerprint density at radius 2 is 1.93 bits per heavy atom. The molecule has 30 heavy (non-hydrogen) atoms. The zero-order valence-corrected chi connectivity index (χ0v) is 19.8. The predicted octanol–water partition coefficient (Wildman–Crippen LogP) is 5.79. The molecule has 0 aliphatic heterocycles. The fraction of sp³-hybridized carbons (Fsp3) is 0.130. The molecule has 0 fully saturated rings. The van der Waals surface area contributed by atoms with Crippen molar-refractivity contribution in [3.05, 3.63) is 90.3 Å². The van der Waals surface area contributed by atoms with Gasteiger partial charge in [-0.1, -0.05) is 46.3 Å². The Labute approximate surface area is 194 Å². The van der Waals surface area contributed by atoms with E-state index in [9.17, 15) is 9.59 Å². The molecule has 0 bridgehead atoms. The number of hydrogen-bond donors (Lipinski definition) is 0. The van der Waals surface area contributed by atoms with Crippen LogP contribution in [0.25, 0.3) is 22.3 Å². The van der Waals surface area contributed by atoms with Crippen LogP contribution in [-0.2, 0) is 11.3 Å². The van der Waals surface area contributed by atoms with Crippen molar-refractivity contribution >= 4 is 55.5 Å². The minimum Gasteiger partial charge on any atom is -0.460 e. The summed E-state index contributed by atoms with van der Waals surface area (Å²) in [6.07, 6.45) is 1.72. The molecule has 2 aromatic heterocycles. The van der Waals surface area contributed by atoms with Gasteiger partial charge in [0.1, 0.15) is 12.4 Å². The summed E-state index contributed by atoms with van der Waals surface area (Å²) >= 11 is 5.69. The first kappa shape index (κ1) is 20.9. The number of pyridine rings is 1. The Kier molecular flexibility index (Phi) is 6.10. The lowest BCUT2D eigenvalue weighted by Crippen LogP contribution is -2.23. The second kappa shape index (κ2) is 8.77. The Balaban J connectivity index is 1.60. The number of aromatic nitrogens is 1. The first-order valence-corrected chi connectivity index (χ1v) is 11.1. The van der Waals surface area contributed by atoms with Crippen molar-refractivity contribution in [3.8, 4) is 11.3 Å². The van der Waals surface area contributed by atoms with Crippen LogP contribution in [0.1, 0.15) is 15.9 Å². The van der Waals surface area contributed by atoms with Crippen molar-refractivity contribution in [2.75, 3.05) is 6.61 Å². The van der Waals surface area contributed by atoms with Crippen molar-refractivity contribution in [2.24, 2.45) is 0 Å². The molecule has 0 aliphatic carbocycles. The summed E-state index contributed by atoms with van der Waals surface area (Å²) in [5.74, 6) is 0.238. The number of furan rings is 1. The van der Waals surface area contributed by atoms with Crippen molar-refractivity contribution in [2.45, 2.75) is 13.5 Å². The largest absolute Gasteiger partial charge is 0.460 e. The van der Waals surface area contributed by atoms with Gasteiger partial charge in [-0.2, -0.15) is 0 Å². The summed E-state index contributed by atoms with van der Waals surface area (Å²) < 4.78 is 14.7. The maximum atomic E-state index is 13.0. The minimum absolute atomic E-state index is 0.102. The van der Waals surface area contributed by atoms with Gasteiger partial charge in [0.2, 0.25) is 0 Å². The van der Waals surface area contributed by atoms with Crippen LogP contribution < -0.4 is 5.56 Å². The molecule has 0 saturated heterocycles. The van der Waals surface area contributed by atoms with Gasteiger partial charge < -0.3 is 13.7 Å².